The lowest BCUT2D eigenvalue weighted by molar-refractivity contribution is 0.103. The molecular formula is C23H20ClN3O2S. The van der Waals surface area contributed by atoms with Crippen LogP contribution in [0.5, 0.6) is 0 Å². The molecular weight excluding hydrogens is 418 g/mol. The fraction of sp³-hybridized carbons (Fsp3) is 0.174. The molecule has 0 atom stereocenters. The Morgan fingerprint density at radius 2 is 1.93 bits per heavy atom. The molecule has 0 saturated carbocycles. The molecule has 0 saturated heterocycles. The van der Waals surface area contributed by atoms with Gasteiger partial charge < -0.3 is 5.32 Å². The minimum Gasteiger partial charge on any atom is -0.321 e. The monoisotopic (exact) mass is 437 g/mol. The number of rotatable bonds is 4. The first-order chi connectivity index (χ1) is 14.3. The minimum absolute atomic E-state index is 0.181. The second-order valence-electron chi connectivity index (χ2n) is 7.28. The second kappa shape index (κ2) is 8.05. The molecule has 1 N–H and O–H groups in total. The molecule has 0 unspecified atom stereocenters. The third-order valence-electron chi connectivity index (χ3n) is 5.05. The van der Waals surface area contributed by atoms with E-state index in [-0.39, 0.29) is 11.5 Å². The molecule has 4 rings (SSSR count). The smallest absolute Gasteiger partial charge is 0.266 e. The van der Waals surface area contributed by atoms with Crippen LogP contribution in [-0.4, -0.2) is 15.5 Å². The van der Waals surface area contributed by atoms with Crippen molar-refractivity contribution in [2.45, 2.75) is 27.3 Å². The molecule has 2 aromatic heterocycles. The molecule has 5 nitrogen and oxygen atoms in total. The van der Waals surface area contributed by atoms with E-state index in [1.807, 2.05) is 50.2 Å². The highest BCUT2D eigenvalue weighted by molar-refractivity contribution is 7.20. The Balaban J connectivity index is 1.70. The quantitative estimate of drug-likeness (QED) is 0.468. The minimum atomic E-state index is -0.237. The molecule has 0 aliphatic carbocycles. The number of anilines is 1. The zero-order valence-electron chi connectivity index (χ0n) is 16.8. The molecule has 2 heterocycles. The van der Waals surface area contributed by atoms with E-state index in [0.717, 1.165) is 22.4 Å². The number of thiophene rings is 1. The van der Waals surface area contributed by atoms with Crippen molar-refractivity contribution in [3.63, 3.8) is 0 Å². The van der Waals surface area contributed by atoms with Gasteiger partial charge in [0.25, 0.3) is 11.5 Å². The van der Waals surface area contributed by atoms with Gasteiger partial charge in [-0.3, -0.25) is 14.2 Å². The molecule has 0 spiro atoms. The number of halogens is 1. The van der Waals surface area contributed by atoms with Crippen molar-refractivity contribution in [3.05, 3.63) is 91.3 Å². The third kappa shape index (κ3) is 3.76. The lowest BCUT2D eigenvalue weighted by Crippen LogP contribution is -2.21. The van der Waals surface area contributed by atoms with Gasteiger partial charge in [-0.05, 0) is 49.6 Å². The number of carbonyl (C=O) groups is 1. The van der Waals surface area contributed by atoms with Crippen LogP contribution in [0, 0.1) is 20.8 Å². The van der Waals surface area contributed by atoms with Crippen LogP contribution in [-0.2, 0) is 6.54 Å². The van der Waals surface area contributed by atoms with Crippen LogP contribution in [0.3, 0.4) is 0 Å². The van der Waals surface area contributed by atoms with E-state index in [4.69, 9.17) is 11.6 Å². The number of fused-ring (bicyclic) bond motifs is 1. The fourth-order valence-corrected chi connectivity index (χ4v) is 4.66. The van der Waals surface area contributed by atoms with Crippen LogP contribution < -0.4 is 10.9 Å². The fourth-order valence-electron chi connectivity index (χ4n) is 3.43. The summed E-state index contributed by atoms with van der Waals surface area (Å²) in [5.41, 5.74) is 4.17. The topological polar surface area (TPSA) is 64.0 Å². The summed E-state index contributed by atoms with van der Waals surface area (Å²) in [5.74, 6) is -0.237. The number of amides is 1. The molecule has 0 fully saturated rings. The summed E-state index contributed by atoms with van der Waals surface area (Å²) in [6, 6.07) is 13.3. The highest BCUT2D eigenvalue weighted by atomic mass is 35.5. The standard InChI is InChI=1S/C23H20ClN3O2S/c1-13-8-9-18(14(2)10-13)26-21(28)20-15(3)19-22(30-20)25-12-27(23(19)29)11-16-6-4-5-7-17(16)24/h4-10,12H,11H2,1-3H3,(H,26,28). The van der Waals surface area contributed by atoms with Crippen LogP contribution in [0.4, 0.5) is 5.69 Å². The normalized spacial score (nSPS) is 11.1. The molecule has 4 aromatic rings. The van der Waals surface area contributed by atoms with Crippen LogP contribution in [0.2, 0.25) is 5.02 Å². The Labute approximate surface area is 183 Å². The highest BCUT2D eigenvalue weighted by Crippen LogP contribution is 2.28. The van der Waals surface area contributed by atoms with Crippen molar-refractivity contribution in [2.75, 3.05) is 5.32 Å². The number of carbonyl (C=O) groups excluding carboxylic acids is 1. The van der Waals surface area contributed by atoms with E-state index in [9.17, 15) is 9.59 Å². The van der Waals surface area contributed by atoms with Gasteiger partial charge in [0.05, 0.1) is 23.1 Å². The van der Waals surface area contributed by atoms with E-state index in [0.29, 0.717) is 32.2 Å². The summed E-state index contributed by atoms with van der Waals surface area (Å²) in [7, 11) is 0. The molecule has 0 aliphatic rings. The van der Waals surface area contributed by atoms with E-state index < -0.39 is 0 Å². The van der Waals surface area contributed by atoms with Crippen molar-refractivity contribution in [3.8, 4) is 0 Å². The summed E-state index contributed by atoms with van der Waals surface area (Å²) >= 11 is 7.46. The van der Waals surface area contributed by atoms with E-state index in [1.165, 1.54) is 22.2 Å². The molecule has 1 amide bonds. The first-order valence-corrected chi connectivity index (χ1v) is 10.6. The van der Waals surface area contributed by atoms with Gasteiger partial charge in [-0.25, -0.2) is 4.98 Å². The van der Waals surface area contributed by atoms with Gasteiger partial charge in [0, 0.05) is 10.7 Å². The largest absolute Gasteiger partial charge is 0.321 e. The molecule has 0 radical (unpaired) electrons. The Hall–Kier alpha value is -2.96. The van der Waals surface area contributed by atoms with Gasteiger partial charge in [-0.15, -0.1) is 11.3 Å². The van der Waals surface area contributed by atoms with E-state index in [2.05, 4.69) is 10.3 Å². The third-order valence-corrected chi connectivity index (χ3v) is 6.62. The zero-order chi connectivity index (χ0) is 21.4. The molecule has 152 valence electrons. The van der Waals surface area contributed by atoms with Gasteiger partial charge in [0.1, 0.15) is 4.83 Å². The van der Waals surface area contributed by atoms with Crippen molar-refractivity contribution in [1.82, 2.24) is 9.55 Å². The molecule has 2 aromatic carbocycles. The Kier molecular flexibility index (Phi) is 5.45. The van der Waals surface area contributed by atoms with Gasteiger partial charge >= 0.3 is 0 Å². The van der Waals surface area contributed by atoms with Crippen LogP contribution in [0.25, 0.3) is 10.2 Å². The first kappa shape index (κ1) is 20.3. The molecule has 7 heteroatoms. The molecule has 30 heavy (non-hydrogen) atoms. The van der Waals surface area contributed by atoms with Crippen molar-refractivity contribution < 1.29 is 4.79 Å². The van der Waals surface area contributed by atoms with Crippen molar-refractivity contribution in [1.29, 1.82) is 0 Å². The maximum Gasteiger partial charge on any atom is 0.266 e. The molecule has 0 bridgehead atoms. The number of hydrogen-bond donors (Lipinski definition) is 1. The summed E-state index contributed by atoms with van der Waals surface area (Å²) in [5, 5.41) is 4.02. The Morgan fingerprint density at radius 3 is 2.67 bits per heavy atom. The van der Waals surface area contributed by atoms with Crippen LogP contribution in [0.15, 0.2) is 53.6 Å². The van der Waals surface area contributed by atoms with Gasteiger partial charge in [-0.1, -0.05) is 47.5 Å². The highest BCUT2D eigenvalue weighted by Gasteiger charge is 2.20. The average Bonchev–Trinajstić information content (AvgIpc) is 3.05. The number of hydrogen-bond acceptors (Lipinski definition) is 4. The maximum atomic E-state index is 13.1. The number of aryl methyl sites for hydroxylation is 3. The van der Waals surface area contributed by atoms with Crippen molar-refractivity contribution >= 4 is 44.7 Å². The summed E-state index contributed by atoms with van der Waals surface area (Å²) in [6.45, 7) is 6.07. The number of benzene rings is 2. The summed E-state index contributed by atoms with van der Waals surface area (Å²) in [6.07, 6.45) is 1.51. The SMILES string of the molecule is Cc1ccc(NC(=O)c2sc3ncn(Cc4ccccc4Cl)c(=O)c3c2C)c(C)c1. The lowest BCUT2D eigenvalue weighted by Gasteiger charge is -2.08. The summed E-state index contributed by atoms with van der Waals surface area (Å²) in [4.78, 5) is 31.5. The summed E-state index contributed by atoms with van der Waals surface area (Å²) < 4.78 is 1.52. The van der Waals surface area contributed by atoms with Crippen LogP contribution >= 0.6 is 22.9 Å². The van der Waals surface area contributed by atoms with Crippen LogP contribution in [0.1, 0.15) is 31.9 Å². The maximum absolute atomic E-state index is 13.1. The Bertz CT molecular complexity index is 1340. The van der Waals surface area contributed by atoms with E-state index in [1.54, 1.807) is 13.0 Å². The van der Waals surface area contributed by atoms with Crippen molar-refractivity contribution in [2.24, 2.45) is 0 Å². The average molecular weight is 438 g/mol. The number of nitrogens with zero attached hydrogens (tertiary/aromatic N) is 2. The Morgan fingerprint density at radius 1 is 1.17 bits per heavy atom. The zero-order valence-corrected chi connectivity index (χ0v) is 18.4. The number of aromatic nitrogens is 2. The predicted octanol–water partition coefficient (Wildman–Crippen LogP) is 5.34. The number of nitrogens with one attached hydrogen (secondary N) is 1. The second-order valence-corrected chi connectivity index (χ2v) is 8.68. The predicted molar refractivity (Wildman–Crippen MR) is 123 cm³/mol. The lowest BCUT2D eigenvalue weighted by atomic mass is 10.1. The molecule has 0 aliphatic heterocycles. The van der Waals surface area contributed by atoms with Gasteiger partial charge in [0.2, 0.25) is 0 Å². The first-order valence-electron chi connectivity index (χ1n) is 9.45. The van der Waals surface area contributed by atoms with E-state index >= 15 is 0 Å². The van der Waals surface area contributed by atoms with Gasteiger partial charge in [-0.2, -0.15) is 0 Å². The van der Waals surface area contributed by atoms with Gasteiger partial charge in [0.15, 0.2) is 0 Å².